The number of carbonyl (C=O) groups excluding carboxylic acids is 1. The van der Waals surface area contributed by atoms with E-state index in [0.29, 0.717) is 0 Å². The maximum atomic E-state index is 12.7. The first-order valence-electron chi connectivity index (χ1n) is 3.90. The summed E-state index contributed by atoms with van der Waals surface area (Å²) in [5.74, 6) is -9.23. The van der Waals surface area contributed by atoms with E-state index in [2.05, 4.69) is 0 Å². The summed E-state index contributed by atoms with van der Waals surface area (Å²) in [6.07, 6.45) is -19.4. The van der Waals surface area contributed by atoms with Crippen LogP contribution in [0.1, 0.15) is 0 Å². The zero-order chi connectivity index (χ0) is 15.8. The highest BCUT2D eigenvalue weighted by Gasteiger charge is 2.62. The lowest BCUT2D eigenvalue weighted by molar-refractivity contribution is -0.276. The highest BCUT2D eigenvalue weighted by molar-refractivity contribution is 5.89. The third-order valence-corrected chi connectivity index (χ3v) is 1.63. The summed E-state index contributed by atoms with van der Waals surface area (Å²) in [6, 6.07) is -3.79. The predicted molar refractivity (Wildman–Crippen MR) is 35.9 cm³/mol. The minimum atomic E-state index is -6.52. The van der Waals surface area contributed by atoms with Gasteiger partial charge in [0.2, 0.25) is 5.92 Å². The van der Waals surface area contributed by atoms with Crippen LogP contribution >= 0.6 is 0 Å². The molecule has 1 nitrogen and oxygen atoms in total. The van der Waals surface area contributed by atoms with Crippen molar-refractivity contribution >= 4 is 6.04 Å². The molecule has 0 aliphatic rings. The number of allylic oxidation sites excluding steroid dienone is 2. The van der Waals surface area contributed by atoms with Gasteiger partial charge >= 0.3 is 24.6 Å². The van der Waals surface area contributed by atoms with E-state index in [9.17, 15) is 53.1 Å². The summed E-state index contributed by atoms with van der Waals surface area (Å²) in [6.45, 7) is 0. The van der Waals surface area contributed by atoms with Gasteiger partial charge in [-0.1, -0.05) is 0 Å². The summed E-state index contributed by atoms with van der Waals surface area (Å²) >= 11 is 0. The second-order valence-electron chi connectivity index (χ2n) is 3.01. The van der Waals surface area contributed by atoms with Gasteiger partial charge < -0.3 is 0 Å². The molecule has 0 aliphatic carbocycles. The Kier molecular flexibility index (Phi) is 4.61. The van der Waals surface area contributed by atoms with E-state index in [1.807, 2.05) is 0 Å². The van der Waals surface area contributed by atoms with Crippen LogP contribution in [0.2, 0.25) is 0 Å². The van der Waals surface area contributed by atoms with Crippen molar-refractivity contribution in [1.29, 1.82) is 0 Å². The average Bonchev–Trinajstić information content (AvgIpc) is 1.91. The van der Waals surface area contributed by atoms with Crippen molar-refractivity contribution in [2.45, 2.75) is 18.5 Å². The van der Waals surface area contributed by atoms with E-state index in [4.69, 9.17) is 0 Å². The fraction of sp³-hybridized carbons (Fsp3) is 0.571. The predicted octanol–water partition coefficient (Wildman–Crippen LogP) is 4.01. The molecule has 0 heterocycles. The second kappa shape index (κ2) is 4.96. The van der Waals surface area contributed by atoms with Gasteiger partial charge in [0.1, 0.15) is 5.83 Å². The van der Waals surface area contributed by atoms with Crippen LogP contribution in [0.25, 0.3) is 0 Å². The molecule has 19 heavy (non-hydrogen) atoms. The van der Waals surface area contributed by atoms with Crippen molar-refractivity contribution in [2.75, 3.05) is 0 Å². The van der Waals surface area contributed by atoms with E-state index in [1.165, 1.54) is 0 Å². The van der Waals surface area contributed by atoms with Crippen LogP contribution in [0.3, 0.4) is 0 Å². The van der Waals surface area contributed by atoms with E-state index in [1.54, 1.807) is 0 Å². The SMILES string of the molecule is O=C(F)C(=C(F)C(C(F)(F)F)C(F)(F)F)C(F)(F)F. The van der Waals surface area contributed by atoms with Gasteiger partial charge in [0.05, 0.1) is 0 Å². The van der Waals surface area contributed by atoms with Crippen molar-refractivity contribution < 1.29 is 53.1 Å². The summed E-state index contributed by atoms with van der Waals surface area (Å²) in [5, 5.41) is 0. The smallest absolute Gasteiger partial charge is 0.255 e. The van der Waals surface area contributed by atoms with Crippen molar-refractivity contribution in [1.82, 2.24) is 0 Å². The maximum absolute atomic E-state index is 12.7. The molecule has 0 bridgehead atoms. The number of hydrogen-bond acceptors (Lipinski definition) is 1. The number of rotatable bonds is 2. The normalized spacial score (nSPS) is 15.6. The van der Waals surface area contributed by atoms with Gasteiger partial charge in [-0.3, -0.25) is 4.79 Å². The third-order valence-electron chi connectivity index (χ3n) is 1.63. The molecule has 0 aromatic heterocycles. The Morgan fingerprint density at radius 3 is 1.21 bits per heavy atom. The largest absolute Gasteiger partial charge is 0.425 e. The molecule has 0 unspecified atom stereocenters. The van der Waals surface area contributed by atoms with Crippen LogP contribution < -0.4 is 0 Å². The van der Waals surface area contributed by atoms with Gasteiger partial charge in [-0.15, -0.1) is 0 Å². The van der Waals surface area contributed by atoms with Crippen LogP contribution in [-0.2, 0) is 4.79 Å². The standard InChI is InChI=1S/C7HF11O/c8-2(1(4(9)19)5(10,11)12)3(6(13,14)15)7(16,17)18/h3H. The zero-order valence-corrected chi connectivity index (χ0v) is 8.14. The molecule has 0 rings (SSSR count). The third kappa shape index (κ3) is 4.35. The Balaban J connectivity index is 6.16. The van der Waals surface area contributed by atoms with Crippen molar-refractivity contribution in [3.63, 3.8) is 0 Å². The van der Waals surface area contributed by atoms with E-state index < -0.39 is 41.9 Å². The lowest BCUT2D eigenvalue weighted by Crippen LogP contribution is -2.39. The van der Waals surface area contributed by atoms with Gasteiger partial charge in [0.25, 0.3) is 0 Å². The molecule has 0 spiro atoms. The van der Waals surface area contributed by atoms with Gasteiger partial charge in [0.15, 0.2) is 5.57 Å². The second-order valence-corrected chi connectivity index (χ2v) is 3.01. The molecule has 12 heteroatoms. The molecule has 0 aromatic rings. The van der Waals surface area contributed by atoms with E-state index in [0.717, 1.165) is 0 Å². The van der Waals surface area contributed by atoms with Crippen LogP contribution in [-0.4, -0.2) is 24.6 Å². The fourth-order valence-electron chi connectivity index (χ4n) is 0.958. The zero-order valence-electron chi connectivity index (χ0n) is 8.14. The van der Waals surface area contributed by atoms with Crippen molar-refractivity contribution in [3.8, 4) is 0 Å². The molecule has 0 N–H and O–H groups in total. The Morgan fingerprint density at radius 1 is 0.737 bits per heavy atom. The molecule has 0 saturated carbocycles. The summed E-state index contributed by atoms with van der Waals surface area (Å²) < 4.78 is 131. The number of halogens is 11. The topological polar surface area (TPSA) is 17.1 Å². The van der Waals surface area contributed by atoms with Crippen molar-refractivity contribution in [3.05, 3.63) is 11.4 Å². The summed E-state index contributed by atoms with van der Waals surface area (Å²) in [4.78, 5) is 9.77. The molecule has 0 aliphatic heterocycles. The van der Waals surface area contributed by atoms with Crippen LogP contribution in [0, 0.1) is 5.92 Å². The van der Waals surface area contributed by atoms with E-state index in [-0.39, 0.29) is 0 Å². The Morgan fingerprint density at radius 2 is 1.05 bits per heavy atom. The van der Waals surface area contributed by atoms with Crippen molar-refractivity contribution in [2.24, 2.45) is 5.92 Å². The maximum Gasteiger partial charge on any atom is 0.425 e. The number of alkyl halides is 9. The molecule has 0 saturated heterocycles. The van der Waals surface area contributed by atoms with Gasteiger partial charge in [-0.2, -0.15) is 43.9 Å². The highest BCUT2D eigenvalue weighted by atomic mass is 19.4. The molecular formula is C7HF11O. The monoisotopic (exact) mass is 310 g/mol. The molecule has 0 atom stereocenters. The summed E-state index contributed by atoms with van der Waals surface area (Å²) in [5.41, 5.74) is -3.77. The molecule has 0 amide bonds. The lowest BCUT2D eigenvalue weighted by Gasteiger charge is -2.22. The lowest BCUT2D eigenvalue weighted by atomic mass is 10.0. The van der Waals surface area contributed by atoms with Gasteiger partial charge in [-0.05, 0) is 0 Å². The average molecular weight is 310 g/mol. The minimum Gasteiger partial charge on any atom is -0.255 e. The first-order valence-corrected chi connectivity index (χ1v) is 3.90. The fourth-order valence-corrected chi connectivity index (χ4v) is 0.958. The Hall–Kier alpha value is -1.36. The van der Waals surface area contributed by atoms with Gasteiger partial charge in [-0.25, -0.2) is 4.39 Å². The number of hydrogen-bond donors (Lipinski definition) is 0. The van der Waals surface area contributed by atoms with Crippen LogP contribution in [0.5, 0.6) is 0 Å². The van der Waals surface area contributed by atoms with Gasteiger partial charge in [0, 0.05) is 0 Å². The minimum absolute atomic E-state index is 3.77. The van der Waals surface area contributed by atoms with E-state index >= 15 is 0 Å². The first kappa shape index (κ1) is 17.6. The Labute approximate surface area is 96.2 Å². The summed E-state index contributed by atoms with van der Waals surface area (Å²) in [7, 11) is 0. The molecular weight excluding hydrogens is 309 g/mol. The van der Waals surface area contributed by atoms with Crippen LogP contribution in [0.15, 0.2) is 11.4 Å². The highest BCUT2D eigenvalue weighted by Crippen LogP contribution is 2.47. The first-order chi connectivity index (χ1) is 8.10. The molecule has 0 aromatic carbocycles. The molecule has 112 valence electrons. The molecule has 0 radical (unpaired) electrons. The molecule has 0 fully saturated rings. The Bertz CT molecular complexity index is 367. The number of carbonyl (C=O) groups is 1. The van der Waals surface area contributed by atoms with Crippen LogP contribution in [0.4, 0.5) is 48.3 Å². The quantitative estimate of drug-likeness (QED) is 0.428.